The Morgan fingerprint density at radius 2 is 2.00 bits per heavy atom. The lowest BCUT2D eigenvalue weighted by Crippen LogP contribution is -2.02. The Morgan fingerprint density at radius 3 is 2.81 bits per heavy atom. The zero-order valence-electron chi connectivity index (χ0n) is 14.6. The Labute approximate surface area is 155 Å². The number of H-pyrrole nitrogens is 1. The Morgan fingerprint density at radius 1 is 1.15 bits per heavy atom. The Hall–Kier alpha value is -2.86. The number of nitrogens with one attached hydrogen (secondary N) is 1. The Bertz CT molecular complexity index is 1100. The van der Waals surface area contributed by atoms with Gasteiger partial charge < -0.3 is 4.98 Å². The average Bonchev–Trinajstić information content (AvgIpc) is 3.23. The van der Waals surface area contributed by atoms with Crippen LogP contribution in [-0.2, 0) is 4.79 Å². The minimum atomic E-state index is 0.113. The van der Waals surface area contributed by atoms with Gasteiger partial charge in [-0.3, -0.25) is 9.36 Å². The van der Waals surface area contributed by atoms with E-state index in [1.807, 2.05) is 41.1 Å². The highest BCUT2D eigenvalue weighted by atomic mass is 32.2. The van der Waals surface area contributed by atoms with Crippen LogP contribution in [0.5, 0.6) is 0 Å². The van der Waals surface area contributed by atoms with E-state index in [-0.39, 0.29) is 5.78 Å². The molecule has 26 heavy (non-hydrogen) atoms. The van der Waals surface area contributed by atoms with Crippen molar-refractivity contribution in [1.82, 2.24) is 19.7 Å². The summed E-state index contributed by atoms with van der Waals surface area (Å²) < 4.78 is 2.02. The Kier molecular flexibility index (Phi) is 4.34. The molecular weight excluding hydrogens is 344 g/mol. The predicted molar refractivity (Wildman–Crippen MR) is 105 cm³/mol. The lowest BCUT2D eigenvalue weighted by Gasteiger charge is -2.10. The van der Waals surface area contributed by atoms with Gasteiger partial charge in [-0.1, -0.05) is 42.1 Å². The summed E-state index contributed by atoms with van der Waals surface area (Å²) in [5.41, 5.74) is 4.19. The molecule has 0 amide bonds. The van der Waals surface area contributed by atoms with Gasteiger partial charge in [-0.25, -0.2) is 0 Å². The molecule has 0 aliphatic rings. The van der Waals surface area contributed by atoms with E-state index in [0.29, 0.717) is 10.9 Å². The number of hydrogen-bond acceptors (Lipinski definition) is 4. The molecule has 0 radical (unpaired) electrons. The molecule has 4 rings (SSSR count). The molecule has 0 saturated carbocycles. The van der Waals surface area contributed by atoms with Crippen molar-refractivity contribution in [1.29, 1.82) is 0 Å². The number of fused-ring (bicyclic) bond motifs is 1. The van der Waals surface area contributed by atoms with Gasteiger partial charge in [-0.05, 0) is 37.6 Å². The molecule has 0 spiro atoms. The summed E-state index contributed by atoms with van der Waals surface area (Å²) in [5, 5.41) is 10.6. The molecule has 0 atom stereocenters. The van der Waals surface area contributed by atoms with Crippen molar-refractivity contribution in [3.8, 4) is 17.1 Å². The van der Waals surface area contributed by atoms with Gasteiger partial charge in [-0.2, -0.15) is 0 Å². The molecule has 6 heteroatoms. The summed E-state index contributed by atoms with van der Waals surface area (Å²) in [6, 6.07) is 16.3. The number of carbonyl (C=O) groups excluding carboxylic acids is 1. The third-order valence-corrected chi connectivity index (χ3v) is 5.20. The number of carbonyl (C=O) groups is 1. The van der Waals surface area contributed by atoms with Crippen LogP contribution in [-0.4, -0.2) is 31.3 Å². The van der Waals surface area contributed by atoms with Crippen LogP contribution in [0, 0.1) is 6.92 Å². The number of nitrogens with zero attached hydrogens (tertiary/aromatic N) is 3. The first-order valence-corrected chi connectivity index (χ1v) is 9.33. The fourth-order valence-electron chi connectivity index (χ4n) is 2.96. The third-order valence-electron chi connectivity index (χ3n) is 4.13. The van der Waals surface area contributed by atoms with Crippen molar-refractivity contribution < 1.29 is 4.79 Å². The van der Waals surface area contributed by atoms with E-state index in [9.17, 15) is 4.79 Å². The lowest BCUT2D eigenvalue weighted by molar-refractivity contribution is -0.114. The van der Waals surface area contributed by atoms with Gasteiger partial charge in [-0.15, -0.1) is 10.2 Å². The molecule has 0 unspecified atom stereocenters. The van der Waals surface area contributed by atoms with Crippen LogP contribution in [0.25, 0.3) is 28.0 Å². The van der Waals surface area contributed by atoms with Crippen molar-refractivity contribution in [2.24, 2.45) is 0 Å². The van der Waals surface area contributed by atoms with Crippen molar-refractivity contribution in [2.45, 2.75) is 19.0 Å². The normalized spacial score (nSPS) is 11.2. The highest BCUT2D eigenvalue weighted by Gasteiger charge is 2.19. The number of hydrogen-bond donors (Lipinski definition) is 1. The topological polar surface area (TPSA) is 63.6 Å². The maximum absolute atomic E-state index is 11.4. The molecule has 0 bridgehead atoms. The minimum Gasteiger partial charge on any atom is -0.360 e. The van der Waals surface area contributed by atoms with Gasteiger partial charge in [0.15, 0.2) is 11.0 Å². The van der Waals surface area contributed by atoms with Crippen molar-refractivity contribution in [3.05, 3.63) is 60.3 Å². The molecule has 4 aromatic rings. The van der Waals surface area contributed by atoms with Crippen LogP contribution in [0.3, 0.4) is 0 Å². The molecule has 0 saturated heterocycles. The molecule has 2 aromatic heterocycles. The lowest BCUT2D eigenvalue weighted by atomic mass is 10.1. The van der Waals surface area contributed by atoms with Gasteiger partial charge in [0.1, 0.15) is 5.78 Å². The van der Waals surface area contributed by atoms with Crippen molar-refractivity contribution in [3.63, 3.8) is 0 Å². The molecule has 2 heterocycles. The SMILES string of the molecule is CC(=O)CSc1nnc(-c2c[nH]c3ccccc23)n1-c1cccc(C)c1. The second-order valence-corrected chi connectivity index (χ2v) is 7.16. The van der Waals surface area contributed by atoms with Gasteiger partial charge in [0.25, 0.3) is 0 Å². The summed E-state index contributed by atoms with van der Waals surface area (Å²) in [6.07, 6.45) is 1.96. The summed E-state index contributed by atoms with van der Waals surface area (Å²) in [7, 11) is 0. The molecule has 130 valence electrons. The number of benzene rings is 2. The summed E-state index contributed by atoms with van der Waals surface area (Å²) in [5.74, 6) is 1.25. The van der Waals surface area contributed by atoms with Crippen LogP contribution in [0.1, 0.15) is 12.5 Å². The first-order valence-electron chi connectivity index (χ1n) is 8.34. The van der Waals surface area contributed by atoms with E-state index >= 15 is 0 Å². The second-order valence-electron chi connectivity index (χ2n) is 6.22. The van der Waals surface area contributed by atoms with E-state index in [1.54, 1.807) is 6.92 Å². The number of aromatic nitrogens is 4. The van der Waals surface area contributed by atoms with Crippen LogP contribution in [0.15, 0.2) is 59.9 Å². The number of para-hydroxylation sites is 1. The standard InChI is InChI=1S/C20H18N4OS/c1-13-6-5-7-15(10-13)24-19(22-23-20(24)26-12-14(2)25)17-11-21-18-9-4-3-8-16(17)18/h3-11,21H,12H2,1-2H3. The summed E-state index contributed by atoms with van der Waals surface area (Å²) >= 11 is 1.41. The third kappa shape index (κ3) is 3.04. The van der Waals surface area contributed by atoms with Crippen LogP contribution in [0.4, 0.5) is 0 Å². The Balaban J connectivity index is 1.91. The minimum absolute atomic E-state index is 0.113. The molecule has 5 nitrogen and oxygen atoms in total. The molecule has 0 aliphatic carbocycles. The van der Waals surface area contributed by atoms with Crippen LogP contribution in [0.2, 0.25) is 0 Å². The van der Waals surface area contributed by atoms with E-state index in [0.717, 1.165) is 33.5 Å². The quantitative estimate of drug-likeness (QED) is 0.534. The van der Waals surface area contributed by atoms with Gasteiger partial charge in [0, 0.05) is 28.4 Å². The number of Topliss-reactive ketones (excluding diaryl/α,β-unsaturated/α-hetero) is 1. The molecule has 1 N–H and O–H groups in total. The smallest absolute Gasteiger partial charge is 0.196 e. The zero-order valence-corrected chi connectivity index (χ0v) is 15.4. The van der Waals surface area contributed by atoms with Crippen molar-refractivity contribution >= 4 is 28.4 Å². The highest BCUT2D eigenvalue weighted by molar-refractivity contribution is 7.99. The molecular formula is C20H18N4OS. The van der Waals surface area contributed by atoms with E-state index in [4.69, 9.17) is 0 Å². The zero-order chi connectivity index (χ0) is 18.1. The van der Waals surface area contributed by atoms with Crippen LogP contribution >= 0.6 is 11.8 Å². The monoisotopic (exact) mass is 362 g/mol. The summed E-state index contributed by atoms with van der Waals surface area (Å²) in [6.45, 7) is 3.64. The molecule has 0 fully saturated rings. The molecule has 0 aliphatic heterocycles. The number of thioether (sulfide) groups is 1. The van der Waals surface area contributed by atoms with Crippen molar-refractivity contribution in [2.75, 3.05) is 5.75 Å². The maximum Gasteiger partial charge on any atom is 0.196 e. The largest absolute Gasteiger partial charge is 0.360 e. The molecule has 2 aromatic carbocycles. The number of ketones is 1. The number of aromatic amines is 1. The fourth-order valence-corrected chi connectivity index (χ4v) is 3.71. The number of rotatable bonds is 5. The van der Waals surface area contributed by atoms with Gasteiger partial charge in [0.2, 0.25) is 0 Å². The van der Waals surface area contributed by atoms with E-state index in [1.165, 1.54) is 11.8 Å². The highest BCUT2D eigenvalue weighted by Crippen LogP contribution is 2.32. The second kappa shape index (κ2) is 6.80. The number of aryl methyl sites for hydroxylation is 1. The van der Waals surface area contributed by atoms with Crippen LogP contribution < -0.4 is 0 Å². The van der Waals surface area contributed by atoms with E-state index < -0.39 is 0 Å². The van der Waals surface area contributed by atoms with Gasteiger partial charge in [0.05, 0.1) is 5.75 Å². The maximum atomic E-state index is 11.4. The average molecular weight is 362 g/mol. The summed E-state index contributed by atoms with van der Waals surface area (Å²) in [4.78, 5) is 14.7. The van der Waals surface area contributed by atoms with E-state index in [2.05, 4.69) is 40.3 Å². The first kappa shape index (κ1) is 16.6. The first-order chi connectivity index (χ1) is 12.6. The van der Waals surface area contributed by atoms with Gasteiger partial charge >= 0.3 is 0 Å². The fraction of sp³-hybridized carbons (Fsp3) is 0.150. The predicted octanol–water partition coefficient (Wildman–Crippen LogP) is 4.41.